The van der Waals surface area contributed by atoms with Crippen molar-refractivity contribution in [3.05, 3.63) is 53.6 Å². The number of carbonyl (C=O) groups excluding carboxylic acids is 1. The lowest BCUT2D eigenvalue weighted by atomic mass is 10.1. The van der Waals surface area contributed by atoms with E-state index in [4.69, 9.17) is 19.5 Å². The van der Waals surface area contributed by atoms with E-state index < -0.39 is 0 Å². The van der Waals surface area contributed by atoms with E-state index >= 15 is 0 Å². The molecule has 2 rings (SSSR count). The molecule has 0 aliphatic rings. The summed E-state index contributed by atoms with van der Waals surface area (Å²) in [7, 11) is 3.01. The van der Waals surface area contributed by atoms with Crippen LogP contribution in [0.3, 0.4) is 0 Å². The molecule has 0 aliphatic heterocycles. The Kier molecular flexibility index (Phi) is 4.99. The molecule has 0 amide bonds. The van der Waals surface area contributed by atoms with Gasteiger partial charge in [0.2, 0.25) is 5.78 Å². The first-order valence-corrected chi connectivity index (χ1v) is 6.56. The van der Waals surface area contributed by atoms with Crippen molar-refractivity contribution < 1.29 is 19.0 Å². The molecule has 5 nitrogen and oxygen atoms in total. The summed E-state index contributed by atoms with van der Waals surface area (Å²) in [6.07, 6.45) is 0. The Bertz CT molecular complexity index is 719. The minimum Gasteiger partial charge on any atom is -0.497 e. The van der Waals surface area contributed by atoms with Crippen molar-refractivity contribution in [1.29, 1.82) is 5.26 Å². The van der Waals surface area contributed by atoms with E-state index in [0.717, 1.165) is 0 Å². The smallest absolute Gasteiger partial charge is 0.204 e. The molecule has 0 bridgehead atoms. The van der Waals surface area contributed by atoms with E-state index in [0.29, 0.717) is 28.4 Å². The number of ketones is 1. The molecule has 0 aromatic heterocycles. The molecule has 0 saturated heterocycles. The van der Waals surface area contributed by atoms with Gasteiger partial charge in [0.05, 0.1) is 25.3 Å². The Balaban J connectivity index is 2.17. The standard InChI is InChI=1S/C17H15NO4/c1-20-13-7-8-17(21-2)14(9-13)15(19)11-22-16-6-4-3-5-12(16)10-18/h3-9H,11H2,1-2H3. The zero-order valence-electron chi connectivity index (χ0n) is 12.3. The third kappa shape index (κ3) is 3.36. The molecule has 112 valence electrons. The highest BCUT2D eigenvalue weighted by Gasteiger charge is 2.15. The highest BCUT2D eigenvalue weighted by atomic mass is 16.5. The van der Waals surface area contributed by atoms with E-state index in [1.165, 1.54) is 14.2 Å². The van der Waals surface area contributed by atoms with Crippen molar-refractivity contribution in [2.24, 2.45) is 0 Å². The quantitative estimate of drug-likeness (QED) is 0.767. The number of methoxy groups -OCH3 is 2. The Morgan fingerprint density at radius 2 is 1.86 bits per heavy atom. The van der Waals surface area contributed by atoms with Crippen molar-refractivity contribution in [3.8, 4) is 23.3 Å². The largest absolute Gasteiger partial charge is 0.497 e. The first-order valence-electron chi connectivity index (χ1n) is 6.56. The number of rotatable bonds is 6. The van der Waals surface area contributed by atoms with Crippen LogP contribution in [-0.4, -0.2) is 26.6 Å². The molecule has 0 saturated carbocycles. The summed E-state index contributed by atoms with van der Waals surface area (Å²) >= 11 is 0. The first-order chi connectivity index (χ1) is 10.7. The molecule has 0 aliphatic carbocycles. The molecule has 0 fully saturated rings. The van der Waals surface area contributed by atoms with Gasteiger partial charge in [-0.15, -0.1) is 0 Å². The van der Waals surface area contributed by atoms with Crippen molar-refractivity contribution >= 4 is 5.78 Å². The van der Waals surface area contributed by atoms with Gasteiger partial charge in [0.25, 0.3) is 0 Å². The van der Waals surface area contributed by atoms with Gasteiger partial charge in [-0.05, 0) is 30.3 Å². The molecule has 0 N–H and O–H groups in total. The fourth-order valence-electron chi connectivity index (χ4n) is 1.94. The Hall–Kier alpha value is -3.00. The normalized spacial score (nSPS) is 9.68. The Morgan fingerprint density at radius 3 is 2.55 bits per heavy atom. The van der Waals surface area contributed by atoms with Crippen LogP contribution in [0.1, 0.15) is 15.9 Å². The van der Waals surface area contributed by atoms with Gasteiger partial charge in [-0.25, -0.2) is 0 Å². The molecule has 5 heteroatoms. The average Bonchev–Trinajstić information content (AvgIpc) is 2.59. The second-order valence-electron chi connectivity index (χ2n) is 4.39. The van der Waals surface area contributed by atoms with Gasteiger partial charge in [-0.2, -0.15) is 5.26 Å². The number of nitrogens with zero attached hydrogens (tertiary/aromatic N) is 1. The van der Waals surface area contributed by atoms with E-state index in [2.05, 4.69) is 0 Å². The van der Waals surface area contributed by atoms with Crippen LogP contribution >= 0.6 is 0 Å². The molecular formula is C17H15NO4. The van der Waals surface area contributed by atoms with Crippen molar-refractivity contribution in [1.82, 2.24) is 0 Å². The second kappa shape index (κ2) is 7.14. The number of hydrogen-bond acceptors (Lipinski definition) is 5. The molecule has 0 radical (unpaired) electrons. The molecular weight excluding hydrogens is 282 g/mol. The monoisotopic (exact) mass is 297 g/mol. The van der Waals surface area contributed by atoms with E-state index in [1.54, 1.807) is 42.5 Å². The van der Waals surface area contributed by atoms with Gasteiger partial charge >= 0.3 is 0 Å². The summed E-state index contributed by atoms with van der Waals surface area (Å²) in [5, 5.41) is 9.00. The predicted molar refractivity (Wildman–Crippen MR) is 80.5 cm³/mol. The molecule has 0 unspecified atom stereocenters. The second-order valence-corrected chi connectivity index (χ2v) is 4.39. The third-order valence-corrected chi connectivity index (χ3v) is 3.07. The Labute approximate surface area is 128 Å². The number of carbonyl (C=O) groups is 1. The van der Waals surface area contributed by atoms with Crippen molar-refractivity contribution in [2.75, 3.05) is 20.8 Å². The summed E-state index contributed by atoms with van der Waals surface area (Å²) in [6, 6.07) is 13.7. The maximum absolute atomic E-state index is 12.3. The number of para-hydroxylation sites is 1. The van der Waals surface area contributed by atoms with Crippen LogP contribution < -0.4 is 14.2 Å². The number of hydrogen-bond donors (Lipinski definition) is 0. The minimum atomic E-state index is -0.261. The van der Waals surface area contributed by atoms with Crippen LogP contribution in [0, 0.1) is 11.3 Å². The maximum Gasteiger partial charge on any atom is 0.204 e. The van der Waals surface area contributed by atoms with Crippen LogP contribution in [0.5, 0.6) is 17.2 Å². The predicted octanol–water partition coefficient (Wildman–Crippen LogP) is 2.84. The molecule has 2 aromatic carbocycles. The SMILES string of the molecule is COc1ccc(OC)c(C(=O)COc2ccccc2C#N)c1. The highest BCUT2D eigenvalue weighted by Crippen LogP contribution is 2.25. The summed E-state index contributed by atoms with van der Waals surface area (Å²) in [5.41, 5.74) is 0.754. The molecule has 22 heavy (non-hydrogen) atoms. The molecule has 0 heterocycles. The van der Waals surface area contributed by atoms with Gasteiger partial charge in [0, 0.05) is 0 Å². The lowest BCUT2D eigenvalue weighted by molar-refractivity contribution is 0.0918. The van der Waals surface area contributed by atoms with Crippen molar-refractivity contribution in [3.63, 3.8) is 0 Å². The third-order valence-electron chi connectivity index (χ3n) is 3.07. The van der Waals surface area contributed by atoms with Crippen LogP contribution in [0.2, 0.25) is 0 Å². The van der Waals surface area contributed by atoms with Gasteiger partial charge in [0.15, 0.2) is 6.61 Å². The Morgan fingerprint density at radius 1 is 1.09 bits per heavy atom. The highest BCUT2D eigenvalue weighted by molar-refractivity contribution is 6.00. The van der Waals surface area contributed by atoms with Crippen LogP contribution in [0.25, 0.3) is 0 Å². The topological polar surface area (TPSA) is 68.6 Å². The van der Waals surface area contributed by atoms with Crippen LogP contribution in [0.4, 0.5) is 0 Å². The number of nitriles is 1. The molecule has 0 spiro atoms. The summed E-state index contributed by atoms with van der Waals surface area (Å²) in [4.78, 5) is 12.3. The fraction of sp³-hybridized carbons (Fsp3) is 0.176. The zero-order valence-corrected chi connectivity index (χ0v) is 12.3. The number of benzene rings is 2. The number of Topliss-reactive ketones (excluding diaryl/α,β-unsaturated/α-hetero) is 1. The van der Waals surface area contributed by atoms with Gasteiger partial charge in [-0.1, -0.05) is 12.1 Å². The average molecular weight is 297 g/mol. The fourth-order valence-corrected chi connectivity index (χ4v) is 1.94. The zero-order chi connectivity index (χ0) is 15.9. The van der Waals surface area contributed by atoms with Gasteiger partial charge < -0.3 is 14.2 Å². The van der Waals surface area contributed by atoms with Crippen LogP contribution in [0.15, 0.2) is 42.5 Å². The summed E-state index contributed by atoms with van der Waals surface area (Å²) < 4.78 is 15.7. The lowest BCUT2D eigenvalue weighted by Crippen LogP contribution is -2.13. The summed E-state index contributed by atoms with van der Waals surface area (Å²) in [5.74, 6) is 1.12. The summed E-state index contributed by atoms with van der Waals surface area (Å²) in [6.45, 7) is -0.192. The number of ether oxygens (including phenoxy) is 3. The minimum absolute atomic E-state index is 0.192. The maximum atomic E-state index is 12.3. The van der Waals surface area contributed by atoms with E-state index in [-0.39, 0.29) is 12.4 Å². The first kappa shape index (κ1) is 15.4. The van der Waals surface area contributed by atoms with Crippen LogP contribution in [-0.2, 0) is 0 Å². The molecule has 2 aromatic rings. The molecule has 0 atom stereocenters. The van der Waals surface area contributed by atoms with Gasteiger partial charge in [0.1, 0.15) is 23.3 Å². The lowest BCUT2D eigenvalue weighted by Gasteiger charge is -2.11. The van der Waals surface area contributed by atoms with E-state index in [9.17, 15) is 4.79 Å². The van der Waals surface area contributed by atoms with Gasteiger partial charge in [-0.3, -0.25) is 4.79 Å². The van der Waals surface area contributed by atoms with Crippen molar-refractivity contribution in [2.45, 2.75) is 0 Å². The van der Waals surface area contributed by atoms with E-state index in [1.807, 2.05) is 6.07 Å².